The molecule has 1 rings (SSSR count). The van der Waals surface area contributed by atoms with Gasteiger partial charge >= 0.3 is 0 Å². The fourth-order valence-corrected chi connectivity index (χ4v) is 1.51. The minimum atomic E-state index is 0.00524. The lowest BCUT2D eigenvalue weighted by Crippen LogP contribution is -2.10. The predicted molar refractivity (Wildman–Crippen MR) is 95.0 cm³/mol. The second-order valence-electron chi connectivity index (χ2n) is 4.57. The van der Waals surface area contributed by atoms with Gasteiger partial charge in [-0.05, 0) is 31.6 Å². The Labute approximate surface area is 134 Å². The van der Waals surface area contributed by atoms with Gasteiger partial charge in [-0.25, -0.2) is 0 Å². The number of nitrogens with one attached hydrogen (secondary N) is 1. The minimum Gasteiger partial charge on any atom is -0.458 e. The standard InChI is InChI=1S/C17H21NO2.C2H6/c1-5-7-17(19)18-15-8-6-9-16(12-15)20-14(4)11-10-13(2)3;1-2/h6,8-12H,2,4-5,7H2,1,3H3,(H,18,19);1-2H3/b11-10-;. The molecule has 120 valence electrons. The average Bonchev–Trinajstić information content (AvgIpc) is 2.48. The lowest BCUT2D eigenvalue weighted by Gasteiger charge is -2.08. The lowest BCUT2D eigenvalue weighted by atomic mass is 10.2. The molecule has 0 aliphatic rings. The molecule has 0 bridgehead atoms. The number of carbonyl (C=O) groups excluding carboxylic acids is 1. The topological polar surface area (TPSA) is 38.3 Å². The van der Waals surface area contributed by atoms with E-state index in [9.17, 15) is 4.79 Å². The first kappa shape index (κ1) is 19.7. The van der Waals surface area contributed by atoms with E-state index >= 15 is 0 Å². The van der Waals surface area contributed by atoms with E-state index in [0.717, 1.165) is 17.7 Å². The fraction of sp³-hybridized carbons (Fsp3) is 0.316. The highest BCUT2D eigenvalue weighted by atomic mass is 16.5. The molecule has 1 amide bonds. The zero-order chi connectivity index (χ0) is 17.0. The van der Waals surface area contributed by atoms with Gasteiger partial charge in [-0.15, -0.1) is 0 Å². The second kappa shape index (κ2) is 11.4. The van der Waals surface area contributed by atoms with E-state index in [1.807, 2.05) is 52.0 Å². The summed E-state index contributed by atoms with van der Waals surface area (Å²) in [6.45, 7) is 15.4. The van der Waals surface area contributed by atoms with Crippen LogP contribution < -0.4 is 10.1 Å². The SMILES string of the molecule is C=C(C)/C=C\C(=C)Oc1cccc(NC(=O)CCC)c1.CC. The largest absolute Gasteiger partial charge is 0.458 e. The van der Waals surface area contributed by atoms with Gasteiger partial charge < -0.3 is 10.1 Å². The number of benzene rings is 1. The van der Waals surface area contributed by atoms with Crippen LogP contribution in [0.1, 0.15) is 40.5 Å². The van der Waals surface area contributed by atoms with Crippen LogP contribution >= 0.6 is 0 Å². The number of anilines is 1. The molecule has 0 saturated carbocycles. The van der Waals surface area contributed by atoms with Crippen LogP contribution in [0.4, 0.5) is 5.69 Å². The maximum atomic E-state index is 11.5. The molecule has 0 unspecified atom stereocenters. The molecule has 1 aromatic carbocycles. The van der Waals surface area contributed by atoms with Gasteiger partial charge in [0.05, 0.1) is 0 Å². The Kier molecular flexibility index (Phi) is 10.2. The van der Waals surface area contributed by atoms with Crippen LogP contribution in [-0.4, -0.2) is 5.91 Å². The van der Waals surface area contributed by atoms with Gasteiger partial charge in [0.25, 0.3) is 0 Å². The molecule has 0 atom stereocenters. The number of carbonyl (C=O) groups is 1. The van der Waals surface area contributed by atoms with Crippen LogP contribution in [0.2, 0.25) is 0 Å². The third-order valence-electron chi connectivity index (χ3n) is 2.40. The molecule has 3 heteroatoms. The van der Waals surface area contributed by atoms with Gasteiger partial charge in [0.2, 0.25) is 5.91 Å². The molecular formula is C19H27NO2. The molecule has 0 aromatic heterocycles. The van der Waals surface area contributed by atoms with Gasteiger partial charge in [0, 0.05) is 18.2 Å². The number of amides is 1. The molecule has 0 radical (unpaired) electrons. The quantitative estimate of drug-likeness (QED) is 0.535. The van der Waals surface area contributed by atoms with Crippen molar-refractivity contribution in [3.8, 4) is 5.75 Å². The number of hydrogen-bond acceptors (Lipinski definition) is 2. The Morgan fingerprint density at radius 1 is 1.27 bits per heavy atom. The maximum absolute atomic E-state index is 11.5. The van der Waals surface area contributed by atoms with E-state index in [2.05, 4.69) is 18.5 Å². The third-order valence-corrected chi connectivity index (χ3v) is 2.40. The van der Waals surface area contributed by atoms with Crippen LogP contribution in [-0.2, 0) is 4.79 Å². The lowest BCUT2D eigenvalue weighted by molar-refractivity contribution is -0.116. The summed E-state index contributed by atoms with van der Waals surface area (Å²) in [5.74, 6) is 1.16. The van der Waals surface area contributed by atoms with Crippen molar-refractivity contribution in [3.05, 3.63) is 60.9 Å². The second-order valence-corrected chi connectivity index (χ2v) is 4.57. The van der Waals surface area contributed by atoms with E-state index < -0.39 is 0 Å². The predicted octanol–water partition coefficient (Wildman–Crippen LogP) is 5.48. The summed E-state index contributed by atoms with van der Waals surface area (Å²) in [6, 6.07) is 7.24. The maximum Gasteiger partial charge on any atom is 0.224 e. The van der Waals surface area contributed by atoms with Crippen LogP contribution in [0.25, 0.3) is 0 Å². The van der Waals surface area contributed by atoms with E-state index in [-0.39, 0.29) is 5.91 Å². The van der Waals surface area contributed by atoms with Crippen molar-refractivity contribution in [1.29, 1.82) is 0 Å². The Balaban J connectivity index is 0.00000211. The monoisotopic (exact) mass is 301 g/mol. The number of allylic oxidation sites excluding steroid dienone is 3. The molecular weight excluding hydrogens is 274 g/mol. The zero-order valence-corrected chi connectivity index (χ0v) is 14.1. The van der Waals surface area contributed by atoms with E-state index in [0.29, 0.717) is 17.9 Å². The first-order valence-electron chi connectivity index (χ1n) is 7.61. The Bertz CT molecular complexity index is 530. The third kappa shape index (κ3) is 8.80. The normalized spacial score (nSPS) is 9.64. The number of ether oxygens (including phenoxy) is 1. The molecule has 1 aromatic rings. The fourth-order valence-electron chi connectivity index (χ4n) is 1.51. The van der Waals surface area contributed by atoms with Crippen molar-refractivity contribution in [1.82, 2.24) is 0 Å². The minimum absolute atomic E-state index is 0.00524. The molecule has 0 aliphatic heterocycles. The van der Waals surface area contributed by atoms with Gasteiger partial charge in [-0.3, -0.25) is 4.79 Å². The van der Waals surface area contributed by atoms with Crippen molar-refractivity contribution in [2.24, 2.45) is 0 Å². The summed E-state index contributed by atoms with van der Waals surface area (Å²) in [5, 5.41) is 2.83. The first-order valence-corrected chi connectivity index (χ1v) is 7.61. The molecule has 22 heavy (non-hydrogen) atoms. The van der Waals surface area contributed by atoms with Crippen molar-refractivity contribution in [2.75, 3.05) is 5.32 Å². The molecule has 0 heterocycles. The average molecular weight is 301 g/mol. The summed E-state index contributed by atoms with van der Waals surface area (Å²) in [4.78, 5) is 11.5. The summed E-state index contributed by atoms with van der Waals surface area (Å²) >= 11 is 0. The Morgan fingerprint density at radius 2 is 1.95 bits per heavy atom. The van der Waals surface area contributed by atoms with Gasteiger partial charge in [0.1, 0.15) is 11.5 Å². The molecule has 0 spiro atoms. The highest BCUT2D eigenvalue weighted by Gasteiger charge is 2.02. The van der Waals surface area contributed by atoms with Crippen LogP contribution in [0.15, 0.2) is 60.9 Å². The summed E-state index contributed by atoms with van der Waals surface area (Å²) < 4.78 is 5.57. The Hall–Kier alpha value is -2.29. The zero-order valence-electron chi connectivity index (χ0n) is 14.1. The van der Waals surface area contributed by atoms with Gasteiger partial charge in [-0.1, -0.05) is 51.6 Å². The Morgan fingerprint density at radius 3 is 2.55 bits per heavy atom. The van der Waals surface area contributed by atoms with Crippen molar-refractivity contribution in [2.45, 2.75) is 40.5 Å². The number of hydrogen-bond donors (Lipinski definition) is 1. The van der Waals surface area contributed by atoms with Gasteiger partial charge in [-0.2, -0.15) is 0 Å². The smallest absolute Gasteiger partial charge is 0.224 e. The molecule has 0 saturated heterocycles. The van der Waals surface area contributed by atoms with Crippen LogP contribution in [0, 0.1) is 0 Å². The highest BCUT2D eigenvalue weighted by Crippen LogP contribution is 2.19. The van der Waals surface area contributed by atoms with Crippen LogP contribution in [0.3, 0.4) is 0 Å². The first-order chi connectivity index (χ1) is 10.5. The molecule has 1 N–H and O–H groups in total. The van der Waals surface area contributed by atoms with Crippen molar-refractivity contribution in [3.63, 3.8) is 0 Å². The molecule has 3 nitrogen and oxygen atoms in total. The van der Waals surface area contributed by atoms with Crippen LogP contribution in [0.5, 0.6) is 5.75 Å². The number of rotatable bonds is 7. The van der Waals surface area contributed by atoms with E-state index in [1.54, 1.807) is 12.1 Å². The summed E-state index contributed by atoms with van der Waals surface area (Å²) in [5.41, 5.74) is 1.65. The summed E-state index contributed by atoms with van der Waals surface area (Å²) in [6.07, 6.45) is 4.92. The van der Waals surface area contributed by atoms with Gasteiger partial charge in [0.15, 0.2) is 0 Å². The van der Waals surface area contributed by atoms with Crippen molar-refractivity contribution < 1.29 is 9.53 Å². The van der Waals surface area contributed by atoms with Crippen molar-refractivity contribution >= 4 is 11.6 Å². The highest BCUT2D eigenvalue weighted by molar-refractivity contribution is 5.90. The van der Waals surface area contributed by atoms with E-state index in [1.165, 1.54) is 0 Å². The summed E-state index contributed by atoms with van der Waals surface area (Å²) in [7, 11) is 0. The molecule has 0 fully saturated rings. The molecule has 0 aliphatic carbocycles. The van der Waals surface area contributed by atoms with E-state index in [4.69, 9.17) is 4.74 Å².